The Hall–Kier alpha value is -5.35. The van der Waals surface area contributed by atoms with Crippen molar-refractivity contribution in [2.75, 3.05) is 39.6 Å². The molecule has 0 saturated heterocycles. The summed E-state index contributed by atoms with van der Waals surface area (Å²) in [5, 5.41) is 20.6. The Morgan fingerprint density at radius 1 is 0.287 bits per heavy atom. The number of esters is 3. The Balaban J connectivity index is 4.79. The fourth-order valence-corrected chi connectivity index (χ4v) is 10.9. The topological polar surface area (TPSA) is 231 Å². The predicted molar refractivity (Wildman–Crippen MR) is 417 cm³/mol. The zero-order valence-corrected chi connectivity index (χ0v) is 64.0. The fourth-order valence-electron chi connectivity index (χ4n) is 9.35. The first kappa shape index (κ1) is 95.6. The Labute approximate surface area is 611 Å². The van der Waals surface area contributed by atoms with Gasteiger partial charge in [0.15, 0.2) is 6.10 Å². The molecule has 0 saturated carbocycles. The fraction of sp³-hybridized carbons (Fsp3) is 0.602. The van der Waals surface area contributed by atoms with Crippen molar-refractivity contribution < 1.29 is 75.8 Å². The van der Waals surface area contributed by atoms with Crippen molar-refractivity contribution in [3.63, 3.8) is 0 Å². The van der Waals surface area contributed by atoms with Crippen molar-refractivity contribution in [3.05, 3.63) is 182 Å². The number of phosphoric acid groups is 2. The van der Waals surface area contributed by atoms with E-state index in [9.17, 15) is 43.5 Å². The van der Waals surface area contributed by atoms with E-state index in [-0.39, 0.29) is 19.3 Å². The molecule has 5 unspecified atom stereocenters. The molecule has 0 aliphatic carbocycles. The Kier molecular flexibility index (Phi) is 70.4. The van der Waals surface area contributed by atoms with Crippen LogP contribution < -0.4 is 0 Å². The molecule has 0 aromatic rings. The van der Waals surface area contributed by atoms with Crippen LogP contribution in [0.4, 0.5) is 0 Å². The molecule has 572 valence electrons. The zero-order chi connectivity index (χ0) is 73.7. The second-order valence-electron chi connectivity index (χ2n) is 24.7. The van der Waals surface area contributed by atoms with Crippen LogP contribution in [-0.2, 0) is 55.8 Å². The number of allylic oxidation sites excluding steroid dienone is 30. The number of phosphoric ester groups is 2. The van der Waals surface area contributed by atoms with Gasteiger partial charge in [-0.1, -0.05) is 267 Å². The van der Waals surface area contributed by atoms with Gasteiger partial charge in [0.05, 0.1) is 26.4 Å². The van der Waals surface area contributed by atoms with Crippen LogP contribution in [0.15, 0.2) is 182 Å². The molecule has 0 aliphatic heterocycles. The maximum Gasteiger partial charge on any atom is 0.472 e. The quantitative estimate of drug-likeness (QED) is 0.0146. The number of unbranched alkanes of at least 4 members (excludes halogenated alkanes) is 17. The van der Waals surface area contributed by atoms with Gasteiger partial charge in [-0.15, -0.1) is 0 Å². The molecule has 0 aromatic carbocycles. The molecule has 0 fully saturated rings. The molecule has 101 heavy (non-hydrogen) atoms. The Morgan fingerprint density at radius 3 is 0.832 bits per heavy atom. The van der Waals surface area contributed by atoms with Gasteiger partial charge in [0.25, 0.3) is 0 Å². The lowest BCUT2D eigenvalue weighted by Crippen LogP contribution is -2.30. The highest BCUT2D eigenvalue weighted by molar-refractivity contribution is 7.47. The van der Waals surface area contributed by atoms with Crippen LogP contribution in [0, 0.1) is 0 Å². The largest absolute Gasteiger partial charge is 0.472 e. The second kappa shape index (κ2) is 74.4. The maximum atomic E-state index is 13.0. The lowest BCUT2D eigenvalue weighted by molar-refractivity contribution is -0.161. The minimum atomic E-state index is -4.95. The van der Waals surface area contributed by atoms with Gasteiger partial charge in [0, 0.05) is 19.3 Å². The van der Waals surface area contributed by atoms with Gasteiger partial charge in [0.1, 0.15) is 25.4 Å². The molecule has 18 heteroatoms. The molecule has 4 N–H and O–H groups in total. The molecule has 0 spiro atoms. The first-order valence-electron chi connectivity index (χ1n) is 38.1. The molecule has 0 radical (unpaired) electrons. The predicted octanol–water partition coefficient (Wildman–Crippen LogP) is 22.2. The number of rotatable bonds is 70. The van der Waals surface area contributed by atoms with Gasteiger partial charge in [-0.2, -0.15) is 0 Å². The molecule has 0 amide bonds. The van der Waals surface area contributed by atoms with Crippen LogP contribution in [0.2, 0.25) is 0 Å². The first-order chi connectivity index (χ1) is 49.2. The lowest BCUT2D eigenvalue weighted by Gasteiger charge is -2.21. The number of carbonyl (C=O) groups is 3. The van der Waals surface area contributed by atoms with Crippen LogP contribution in [0.5, 0.6) is 0 Å². The molecular weight excluding hydrogens is 1310 g/mol. The summed E-state index contributed by atoms with van der Waals surface area (Å²) < 4.78 is 61.1. The van der Waals surface area contributed by atoms with Crippen molar-refractivity contribution in [1.29, 1.82) is 0 Å². The second-order valence-corrected chi connectivity index (χ2v) is 27.6. The van der Waals surface area contributed by atoms with Crippen molar-refractivity contribution in [2.24, 2.45) is 0 Å². The molecule has 0 aromatic heterocycles. The van der Waals surface area contributed by atoms with Crippen LogP contribution in [0.1, 0.15) is 265 Å². The number of carbonyl (C=O) groups excluding carboxylic acids is 3. The average Bonchev–Trinajstić information content (AvgIpc) is 1.05. The van der Waals surface area contributed by atoms with Crippen LogP contribution >= 0.6 is 15.6 Å². The monoisotopic (exact) mass is 1450 g/mol. The number of aliphatic hydroxyl groups excluding tert-OH is 2. The lowest BCUT2D eigenvalue weighted by atomic mass is 10.1. The minimum Gasteiger partial charge on any atom is -0.463 e. The van der Waals surface area contributed by atoms with Crippen molar-refractivity contribution in [3.8, 4) is 0 Å². The summed E-state index contributed by atoms with van der Waals surface area (Å²) in [7, 11) is -9.83. The summed E-state index contributed by atoms with van der Waals surface area (Å²) in [5.41, 5.74) is 0. The van der Waals surface area contributed by atoms with E-state index < -0.39 is 91.5 Å². The highest BCUT2D eigenvalue weighted by Crippen LogP contribution is 2.45. The SMILES string of the molecule is CC/C=C\C/C=C\C/C=C\C/C=C\C/C=C\C/C=C\CCCCCCC(=O)OCC(O)COP(=O)(O)OCC(O)COP(=O)(O)OCC(COC(=O)CCCCCC/C=C\C/C=C\C/C=C\C/C=C\C/C=C\C/C=C\CC)OC(=O)CCCCCCCC/C=C\C/C=C\C/C=C\CCCCC. The molecule has 0 bridgehead atoms. The Bertz CT molecular complexity index is 2570. The number of ether oxygens (including phenoxy) is 3. The number of hydrogen-bond donors (Lipinski definition) is 4. The van der Waals surface area contributed by atoms with Crippen LogP contribution in [-0.4, -0.2) is 95.9 Å². The van der Waals surface area contributed by atoms with Crippen LogP contribution in [0.3, 0.4) is 0 Å². The van der Waals surface area contributed by atoms with Crippen molar-refractivity contribution >= 4 is 33.6 Å². The molecule has 0 aliphatic rings. The van der Waals surface area contributed by atoms with E-state index >= 15 is 0 Å². The van der Waals surface area contributed by atoms with Gasteiger partial charge >= 0.3 is 33.6 Å². The van der Waals surface area contributed by atoms with Gasteiger partial charge in [-0.25, -0.2) is 9.13 Å². The smallest absolute Gasteiger partial charge is 0.463 e. The van der Waals surface area contributed by atoms with E-state index in [2.05, 4.69) is 203 Å². The third-order valence-electron chi connectivity index (χ3n) is 15.1. The van der Waals surface area contributed by atoms with Crippen molar-refractivity contribution in [2.45, 2.75) is 283 Å². The summed E-state index contributed by atoms with van der Waals surface area (Å²) in [5.74, 6) is -1.65. The minimum absolute atomic E-state index is 0.0758. The molecule has 5 atom stereocenters. The molecule has 0 heterocycles. The maximum absolute atomic E-state index is 13.0. The standard InChI is InChI=1S/C83H134O16P2/c1-4-7-10-13-16-19-22-25-28-31-34-36-38-40-43-45-48-51-54-57-60-63-66-69-81(86)93-72-78(84)73-95-100(89,90)96-74-79(85)75-97-101(91,92)98-77-80(99-83(88)71-68-65-62-59-56-53-50-47-42-33-30-27-24-21-18-15-12-9-6-3)76-94-82(87)70-67-64-61-58-55-52-49-46-44-41-39-37-35-32-29-26-23-20-17-14-11-8-5-2/h7-8,10-11,16-21,25-30,34-37,40-44,47-49,51-52,78-80,84-85H,4-6,9,12-15,22-24,31-33,38-39,45-46,50,53-77H2,1-3H3,(H,89,90)(H,91,92)/b10-7-,11-8-,19-16-,20-17-,21-18-,28-25-,29-26-,30-27-,36-34-,37-35-,43-40-,44-41-,47-42-,51-48-,52-49-. The first-order valence-corrected chi connectivity index (χ1v) is 41.1. The van der Waals surface area contributed by atoms with Gasteiger partial charge in [-0.3, -0.25) is 32.5 Å². The summed E-state index contributed by atoms with van der Waals surface area (Å²) in [4.78, 5) is 58.7. The summed E-state index contributed by atoms with van der Waals surface area (Å²) in [6.07, 6.45) is 94.9. The van der Waals surface area contributed by atoms with Crippen LogP contribution in [0.25, 0.3) is 0 Å². The molecule has 0 rings (SSSR count). The van der Waals surface area contributed by atoms with E-state index in [1.165, 1.54) is 19.3 Å². The summed E-state index contributed by atoms with van der Waals surface area (Å²) in [6, 6.07) is 0. The van der Waals surface area contributed by atoms with Gasteiger partial charge in [0.2, 0.25) is 0 Å². The van der Waals surface area contributed by atoms with E-state index in [4.69, 9.17) is 32.3 Å². The average molecular weight is 1450 g/mol. The van der Waals surface area contributed by atoms with E-state index in [1.54, 1.807) is 0 Å². The molecular formula is C83H134O16P2. The highest BCUT2D eigenvalue weighted by atomic mass is 31.2. The van der Waals surface area contributed by atoms with E-state index in [0.717, 1.165) is 186 Å². The zero-order valence-electron chi connectivity index (χ0n) is 62.2. The summed E-state index contributed by atoms with van der Waals surface area (Å²) in [6.45, 7) is 2.32. The van der Waals surface area contributed by atoms with Gasteiger partial charge in [-0.05, 0) is 161 Å². The number of aliphatic hydroxyl groups is 2. The number of hydrogen-bond acceptors (Lipinski definition) is 14. The third-order valence-corrected chi connectivity index (χ3v) is 17.0. The third kappa shape index (κ3) is 75.6. The highest BCUT2D eigenvalue weighted by Gasteiger charge is 2.29. The van der Waals surface area contributed by atoms with Gasteiger partial charge < -0.3 is 34.2 Å². The van der Waals surface area contributed by atoms with Crippen molar-refractivity contribution in [1.82, 2.24) is 0 Å². The molecule has 16 nitrogen and oxygen atoms in total. The van der Waals surface area contributed by atoms with E-state index in [0.29, 0.717) is 19.3 Å². The summed E-state index contributed by atoms with van der Waals surface area (Å²) >= 11 is 0. The van der Waals surface area contributed by atoms with E-state index in [1.807, 2.05) is 0 Å². The normalized spacial score (nSPS) is 15.0. The Morgan fingerprint density at radius 2 is 0.525 bits per heavy atom.